The van der Waals surface area contributed by atoms with E-state index in [1.54, 1.807) is 31.2 Å². The van der Waals surface area contributed by atoms with Crippen LogP contribution >= 0.6 is 11.6 Å². The number of halogens is 1. The molecular weight excluding hydrogens is 428 g/mol. The summed E-state index contributed by atoms with van der Waals surface area (Å²) in [6, 6.07) is 10.6. The van der Waals surface area contributed by atoms with Crippen LogP contribution in [0.5, 0.6) is 0 Å². The second-order valence-electron chi connectivity index (χ2n) is 6.83. The normalized spacial score (nSPS) is 14.9. The first-order chi connectivity index (χ1) is 14.3. The first-order valence-electron chi connectivity index (χ1n) is 9.72. The number of para-hydroxylation sites is 1. The van der Waals surface area contributed by atoms with E-state index in [0.717, 1.165) is 19.3 Å². The zero-order valence-electron chi connectivity index (χ0n) is 16.6. The van der Waals surface area contributed by atoms with Gasteiger partial charge in [-0.3, -0.25) is 4.79 Å². The number of carbonyl (C=O) groups is 2. The fourth-order valence-electron chi connectivity index (χ4n) is 3.26. The van der Waals surface area contributed by atoms with Gasteiger partial charge in [0.1, 0.15) is 4.90 Å². The average Bonchev–Trinajstić information content (AvgIpc) is 2.75. The summed E-state index contributed by atoms with van der Waals surface area (Å²) < 4.78 is 32.4. The van der Waals surface area contributed by atoms with E-state index >= 15 is 0 Å². The summed E-state index contributed by atoms with van der Waals surface area (Å²) >= 11 is 6.17. The molecule has 0 atom stereocenters. The van der Waals surface area contributed by atoms with Crippen LogP contribution in [0.3, 0.4) is 0 Å². The van der Waals surface area contributed by atoms with E-state index < -0.39 is 21.9 Å². The molecule has 1 heterocycles. The fourth-order valence-corrected chi connectivity index (χ4v) is 5.28. The lowest BCUT2D eigenvalue weighted by Crippen LogP contribution is -2.35. The number of benzene rings is 2. The topological polar surface area (TPSA) is 92.8 Å². The molecule has 0 aliphatic carbocycles. The lowest BCUT2D eigenvalue weighted by molar-refractivity contribution is 0.0527. The average molecular weight is 451 g/mol. The number of amides is 1. The van der Waals surface area contributed by atoms with Crippen molar-refractivity contribution in [2.24, 2.45) is 0 Å². The van der Waals surface area contributed by atoms with Crippen LogP contribution < -0.4 is 5.32 Å². The van der Waals surface area contributed by atoms with Crippen molar-refractivity contribution in [1.29, 1.82) is 0 Å². The monoisotopic (exact) mass is 450 g/mol. The van der Waals surface area contributed by atoms with Crippen LogP contribution in [0.4, 0.5) is 5.69 Å². The van der Waals surface area contributed by atoms with Gasteiger partial charge in [0, 0.05) is 18.7 Å². The number of ether oxygens (including phenoxy) is 1. The molecule has 7 nitrogen and oxygen atoms in total. The summed E-state index contributed by atoms with van der Waals surface area (Å²) in [5.74, 6) is -1.11. The highest BCUT2D eigenvalue weighted by Gasteiger charge is 2.29. The Hall–Kier alpha value is -2.42. The van der Waals surface area contributed by atoms with E-state index in [1.165, 1.54) is 22.5 Å². The molecule has 0 radical (unpaired) electrons. The van der Waals surface area contributed by atoms with Crippen molar-refractivity contribution >= 4 is 39.2 Å². The molecule has 0 saturated carbocycles. The number of sulfonamides is 1. The van der Waals surface area contributed by atoms with Crippen molar-refractivity contribution in [1.82, 2.24) is 4.31 Å². The Bertz CT molecular complexity index is 1050. The van der Waals surface area contributed by atoms with Gasteiger partial charge >= 0.3 is 5.97 Å². The number of rotatable bonds is 6. The third-order valence-electron chi connectivity index (χ3n) is 4.80. The Morgan fingerprint density at radius 2 is 1.80 bits per heavy atom. The Balaban J connectivity index is 1.88. The lowest BCUT2D eigenvalue weighted by Gasteiger charge is -2.26. The van der Waals surface area contributed by atoms with Crippen LogP contribution in [0, 0.1) is 0 Å². The Labute approximate surface area is 181 Å². The molecule has 160 valence electrons. The maximum atomic E-state index is 13.0. The number of carbonyl (C=O) groups excluding carboxylic acids is 2. The molecule has 0 spiro atoms. The van der Waals surface area contributed by atoms with E-state index in [2.05, 4.69) is 5.32 Å². The van der Waals surface area contributed by atoms with E-state index in [9.17, 15) is 18.0 Å². The summed E-state index contributed by atoms with van der Waals surface area (Å²) in [6.07, 6.45) is 2.57. The lowest BCUT2D eigenvalue weighted by atomic mass is 10.1. The van der Waals surface area contributed by atoms with Crippen molar-refractivity contribution in [2.45, 2.75) is 31.1 Å². The summed E-state index contributed by atoms with van der Waals surface area (Å²) in [6.45, 7) is 2.76. The third-order valence-corrected chi connectivity index (χ3v) is 7.18. The largest absolute Gasteiger partial charge is 0.462 e. The molecule has 3 rings (SSSR count). The Morgan fingerprint density at radius 3 is 2.50 bits per heavy atom. The second-order valence-corrected chi connectivity index (χ2v) is 9.14. The predicted octanol–water partition coefficient (Wildman–Crippen LogP) is 3.94. The van der Waals surface area contributed by atoms with Crippen LogP contribution in [0.2, 0.25) is 5.02 Å². The van der Waals surface area contributed by atoms with E-state index in [1.807, 2.05) is 0 Å². The number of hydrogen-bond acceptors (Lipinski definition) is 5. The van der Waals surface area contributed by atoms with E-state index in [-0.39, 0.29) is 33.3 Å². The smallest absolute Gasteiger partial charge is 0.340 e. The van der Waals surface area contributed by atoms with Crippen molar-refractivity contribution in [3.8, 4) is 0 Å². The van der Waals surface area contributed by atoms with Crippen LogP contribution in [0.15, 0.2) is 47.4 Å². The molecular formula is C21H23ClN2O5S. The van der Waals surface area contributed by atoms with Crippen molar-refractivity contribution in [3.63, 3.8) is 0 Å². The zero-order valence-corrected chi connectivity index (χ0v) is 18.1. The molecule has 1 N–H and O–H groups in total. The minimum Gasteiger partial charge on any atom is -0.462 e. The SMILES string of the molecule is CCOC(=O)c1ccccc1NC(=O)c1ccc(Cl)c(S(=O)(=O)N2CCCCC2)c1. The number of nitrogens with zero attached hydrogens (tertiary/aromatic N) is 1. The van der Waals surface area contributed by atoms with Crippen molar-refractivity contribution in [3.05, 3.63) is 58.6 Å². The molecule has 1 saturated heterocycles. The minimum atomic E-state index is -3.80. The predicted molar refractivity (Wildman–Crippen MR) is 114 cm³/mol. The first-order valence-corrected chi connectivity index (χ1v) is 11.5. The molecule has 2 aromatic carbocycles. The summed E-state index contributed by atoms with van der Waals surface area (Å²) in [4.78, 5) is 24.8. The van der Waals surface area contributed by atoms with Crippen molar-refractivity contribution < 1.29 is 22.7 Å². The third kappa shape index (κ3) is 4.83. The number of hydrogen-bond donors (Lipinski definition) is 1. The van der Waals surface area contributed by atoms with Crippen LogP contribution in [-0.2, 0) is 14.8 Å². The minimum absolute atomic E-state index is 0.0593. The first kappa shape index (κ1) is 22.3. The molecule has 2 aromatic rings. The molecule has 1 aliphatic heterocycles. The van der Waals surface area contributed by atoms with Gasteiger partial charge in [0.05, 0.1) is 22.9 Å². The van der Waals surface area contributed by atoms with Gasteiger partial charge in [-0.25, -0.2) is 13.2 Å². The standard InChI is InChI=1S/C21H23ClN2O5S/c1-2-29-21(26)16-8-4-5-9-18(16)23-20(25)15-10-11-17(22)19(14-15)30(27,28)24-12-6-3-7-13-24/h4-5,8-11,14H,2-3,6-7,12-13H2,1H3,(H,23,25). The van der Waals surface area contributed by atoms with E-state index in [4.69, 9.17) is 16.3 Å². The van der Waals surface area contributed by atoms with Crippen molar-refractivity contribution in [2.75, 3.05) is 25.0 Å². The number of piperidine rings is 1. The maximum absolute atomic E-state index is 13.0. The highest BCUT2D eigenvalue weighted by Crippen LogP contribution is 2.28. The van der Waals surface area contributed by atoms with Crippen LogP contribution in [0.25, 0.3) is 0 Å². The van der Waals surface area contributed by atoms with Gasteiger partial charge in [-0.1, -0.05) is 30.2 Å². The van der Waals surface area contributed by atoms with Crippen LogP contribution in [-0.4, -0.2) is 44.3 Å². The highest BCUT2D eigenvalue weighted by molar-refractivity contribution is 7.89. The van der Waals surface area contributed by atoms with Gasteiger partial charge in [0.2, 0.25) is 10.0 Å². The van der Waals surface area contributed by atoms with Gasteiger partial charge < -0.3 is 10.1 Å². The second kappa shape index (κ2) is 9.59. The summed E-state index contributed by atoms with van der Waals surface area (Å²) in [5, 5.41) is 2.71. The molecule has 1 amide bonds. The zero-order chi connectivity index (χ0) is 21.7. The quantitative estimate of drug-likeness (QED) is 0.673. The number of anilines is 1. The van der Waals surface area contributed by atoms with Gasteiger partial charge in [0.25, 0.3) is 5.91 Å². The maximum Gasteiger partial charge on any atom is 0.340 e. The summed E-state index contributed by atoms with van der Waals surface area (Å²) in [5.41, 5.74) is 0.604. The molecule has 9 heteroatoms. The van der Waals surface area contributed by atoms with Crippen LogP contribution in [0.1, 0.15) is 46.9 Å². The fraction of sp³-hybridized carbons (Fsp3) is 0.333. The Kier molecular flexibility index (Phi) is 7.12. The molecule has 30 heavy (non-hydrogen) atoms. The summed E-state index contributed by atoms with van der Waals surface area (Å²) in [7, 11) is -3.80. The molecule has 0 bridgehead atoms. The van der Waals surface area contributed by atoms with Gasteiger partial charge in [0.15, 0.2) is 0 Å². The molecule has 1 fully saturated rings. The van der Waals surface area contributed by atoms with Gasteiger partial charge in [-0.2, -0.15) is 4.31 Å². The number of esters is 1. The highest BCUT2D eigenvalue weighted by atomic mass is 35.5. The molecule has 0 unspecified atom stereocenters. The Morgan fingerprint density at radius 1 is 1.10 bits per heavy atom. The molecule has 1 aliphatic rings. The van der Waals surface area contributed by atoms with Gasteiger partial charge in [-0.15, -0.1) is 0 Å². The number of nitrogens with one attached hydrogen (secondary N) is 1. The van der Waals surface area contributed by atoms with Gasteiger partial charge in [-0.05, 0) is 50.1 Å². The molecule has 0 aromatic heterocycles. The van der Waals surface area contributed by atoms with E-state index in [0.29, 0.717) is 13.1 Å².